The van der Waals surface area contributed by atoms with Gasteiger partial charge in [0, 0.05) is 6.54 Å². The fraction of sp³-hybridized carbons (Fsp3) is 0.533. The minimum atomic E-state index is -4.34. The molecule has 0 bridgehead atoms. The van der Waals surface area contributed by atoms with Crippen LogP contribution in [0.15, 0.2) is 24.3 Å². The van der Waals surface area contributed by atoms with Gasteiger partial charge in [-0.2, -0.15) is 13.2 Å². The normalized spacial score (nSPS) is 16.7. The predicted molar refractivity (Wildman–Crippen MR) is 86.0 cm³/mol. The molecule has 0 saturated carbocycles. The zero-order valence-corrected chi connectivity index (χ0v) is 14.0. The third kappa shape index (κ3) is 5.55. The smallest absolute Gasteiger partial charge is 0.353 e. The molecular formula is C15H19Cl2F3N2O. The van der Waals surface area contributed by atoms with Crippen LogP contribution in [0.2, 0.25) is 0 Å². The van der Waals surface area contributed by atoms with E-state index in [1.54, 1.807) is 0 Å². The number of rotatable bonds is 5. The first-order chi connectivity index (χ1) is 10.4. The van der Waals surface area contributed by atoms with Gasteiger partial charge in [0.1, 0.15) is 5.88 Å². The number of carbonyl (C=O) groups excluding carboxylic acids is 1. The lowest BCUT2D eigenvalue weighted by atomic mass is 10.0. The highest BCUT2D eigenvalue weighted by Crippen LogP contribution is 2.31. The van der Waals surface area contributed by atoms with Crippen LogP contribution in [0.4, 0.5) is 13.2 Å². The summed E-state index contributed by atoms with van der Waals surface area (Å²) in [5.41, 5.74) is 0.103. The number of likely N-dealkylation sites (tertiary alicyclic amines) is 1. The maximum absolute atomic E-state index is 12.6. The van der Waals surface area contributed by atoms with E-state index in [1.807, 2.05) is 0 Å². The predicted octanol–water partition coefficient (Wildman–Crippen LogP) is 3.62. The molecule has 0 radical (unpaired) electrons. The molecule has 1 saturated heterocycles. The van der Waals surface area contributed by atoms with Crippen LogP contribution < -0.4 is 5.32 Å². The van der Waals surface area contributed by atoms with E-state index in [9.17, 15) is 18.0 Å². The second-order valence-corrected chi connectivity index (χ2v) is 5.58. The Bertz CT molecular complexity index is 502. The molecule has 1 aromatic rings. The summed E-state index contributed by atoms with van der Waals surface area (Å²) in [6.45, 7) is 2.10. The molecule has 23 heavy (non-hydrogen) atoms. The molecule has 1 fully saturated rings. The summed E-state index contributed by atoms with van der Waals surface area (Å²) in [6, 6.07) is 5.01. The van der Waals surface area contributed by atoms with Crippen LogP contribution in [0.5, 0.6) is 0 Å². The highest BCUT2D eigenvalue weighted by molar-refractivity contribution is 6.27. The Hall–Kier alpha value is -0.980. The zero-order valence-electron chi connectivity index (χ0n) is 12.4. The lowest BCUT2D eigenvalue weighted by Crippen LogP contribution is -2.37. The van der Waals surface area contributed by atoms with E-state index in [0.29, 0.717) is 6.54 Å². The average molecular weight is 371 g/mol. The van der Waals surface area contributed by atoms with Gasteiger partial charge in [-0.3, -0.25) is 9.69 Å². The van der Waals surface area contributed by atoms with Crippen LogP contribution in [-0.4, -0.2) is 36.3 Å². The second kappa shape index (κ2) is 8.76. The van der Waals surface area contributed by atoms with Crippen molar-refractivity contribution in [3.63, 3.8) is 0 Å². The van der Waals surface area contributed by atoms with Crippen molar-refractivity contribution in [2.45, 2.75) is 25.1 Å². The van der Waals surface area contributed by atoms with Crippen LogP contribution in [0.1, 0.15) is 30.0 Å². The summed E-state index contributed by atoms with van der Waals surface area (Å²) in [6.07, 6.45) is -2.23. The minimum Gasteiger partial charge on any atom is -0.353 e. The van der Waals surface area contributed by atoms with Crippen molar-refractivity contribution < 1.29 is 18.0 Å². The number of benzene rings is 1. The molecule has 1 N–H and O–H groups in total. The fourth-order valence-electron chi connectivity index (χ4n) is 2.66. The van der Waals surface area contributed by atoms with Gasteiger partial charge < -0.3 is 5.32 Å². The maximum Gasteiger partial charge on any atom is 0.416 e. The lowest BCUT2D eigenvalue weighted by molar-refractivity contribution is -0.137. The number of amides is 1. The first kappa shape index (κ1) is 20.1. The van der Waals surface area contributed by atoms with Gasteiger partial charge in [-0.25, -0.2) is 0 Å². The van der Waals surface area contributed by atoms with Gasteiger partial charge in [0.15, 0.2) is 0 Å². The molecule has 1 amide bonds. The molecule has 3 nitrogen and oxygen atoms in total. The third-order valence-corrected chi connectivity index (χ3v) is 4.06. The molecule has 1 heterocycles. The average Bonchev–Trinajstić information content (AvgIpc) is 3.01. The molecule has 1 atom stereocenters. The minimum absolute atomic E-state index is 0. The van der Waals surface area contributed by atoms with Crippen molar-refractivity contribution in [2.75, 3.05) is 25.5 Å². The number of hydrogen-bond acceptors (Lipinski definition) is 2. The molecule has 1 aromatic carbocycles. The van der Waals surface area contributed by atoms with Crippen LogP contribution in [0.3, 0.4) is 0 Å². The van der Waals surface area contributed by atoms with Gasteiger partial charge in [-0.05, 0) is 43.6 Å². The Kier molecular flexibility index (Phi) is 7.64. The van der Waals surface area contributed by atoms with Gasteiger partial charge in [-0.1, -0.05) is 12.1 Å². The number of halogens is 5. The van der Waals surface area contributed by atoms with Gasteiger partial charge >= 0.3 is 6.18 Å². The Morgan fingerprint density at radius 2 is 1.78 bits per heavy atom. The van der Waals surface area contributed by atoms with E-state index < -0.39 is 11.7 Å². The van der Waals surface area contributed by atoms with Crippen LogP contribution in [-0.2, 0) is 11.0 Å². The molecule has 0 spiro atoms. The SMILES string of the molecule is Cl.O=C(CCl)NCC(c1ccc(C(F)(F)F)cc1)N1CCCC1. The van der Waals surface area contributed by atoms with E-state index >= 15 is 0 Å². The summed E-state index contributed by atoms with van der Waals surface area (Å²) in [7, 11) is 0. The van der Waals surface area contributed by atoms with Crippen molar-refractivity contribution in [3.8, 4) is 0 Å². The van der Waals surface area contributed by atoms with Crippen LogP contribution in [0.25, 0.3) is 0 Å². The monoisotopic (exact) mass is 370 g/mol. The summed E-state index contributed by atoms with van der Waals surface area (Å²) in [4.78, 5) is 13.5. The van der Waals surface area contributed by atoms with Gasteiger partial charge in [0.25, 0.3) is 0 Å². The first-order valence-corrected chi connectivity index (χ1v) is 7.69. The van der Waals surface area contributed by atoms with E-state index in [4.69, 9.17) is 11.6 Å². The largest absolute Gasteiger partial charge is 0.416 e. The number of alkyl halides is 4. The number of nitrogens with zero attached hydrogens (tertiary/aromatic N) is 1. The first-order valence-electron chi connectivity index (χ1n) is 7.15. The van der Waals surface area contributed by atoms with Crippen molar-refractivity contribution in [1.82, 2.24) is 10.2 Å². The van der Waals surface area contributed by atoms with E-state index in [2.05, 4.69) is 10.2 Å². The number of nitrogens with one attached hydrogen (secondary N) is 1. The van der Waals surface area contributed by atoms with E-state index in [0.717, 1.165) is 43.6 Å². The Morgan fingerprint density at radius 3 is 2.26 bits per heavy atom. The van der Waals surface area contributed by atoms with E-state index in [-0.39, 0.29) is 30.2 Å². The fourth-order valence-corrected chi connectivity index (χ4v) is 2.76. The number of hydrogen-bond donors (Lipinski definition) is 1. The molecule has 1 aliphatic rings. The molecule has 2 rings (SSSR count). The topological polar surface area (TPSA) is 32.3 Å². The third-order valence-electron chi connectivity index (χ3n) is 3.82. The molecule has 1 unspecified atom stereocenters. The van der Waals surface area contributed by atoms with Crippen LogP contribution >= 0.6 is 24.0 Å². The Balaban J connectivity index is 0.00000264. The highest BCUT2D eigenvalue weighted by atomic mass is 35.5. The quantitative estimate of drug-likeness (QED) is 0.802. The molecular weight excluding hydrogens is 352 g/mol. The summed E-state index contributed by atoms with van der Waals surface area (Å²) in [5.74, 6) is -0.405. The number of carbonyl (C=O) groups is 1. The maximum atomic E-state index is 12.6. The summed E-state index contributed by atoms with van der Waals surface area (Å²) >= 11 is 5.46. The van der Waals surface area contributed by atoms with Crippen LogP contribution in [0, 0.1) is 0 Å². The summed E-state index contributed by atoms with van der Waals surface area (Å²) in [5, 5.41) is 2.72. The second-order valence-electron chi connectivity index (χ2n) is 5.32. The molecule has 0 aromatic heterocycles. The molecule has 1 aliphatic heterocycles. The standard InChI is InChI=1S/C15H18ClF3N2O.ClH/c16-9-14(22)20-10-13(21-7-1-2-8-21)11-3-5-12(6-4-11)15(17,18)19;/h3-6,13H,1-2,7-10H2,(H,20,22);1H. The van der Waals surface area contributed by atoms with Crippen molar-refractivity contribution in [2.24, 2.45) is 0 Å². The summed E-state index contributed by atoms with van der Waals surface area (Å²) < 4.78 is 37.9. The Labute approximate surface area is 144 Å². The van der Waals surface area contributed by atoms with Gasteiger partial charge in [-0.15, -0.1) is 24.0 Å². The highest BCUT2D eigenvalue weighted by Gasteiger charge is 2.31. The molecule has 0 aliphatic carbocycles. The van der Waals surface area contributed by atoms with Crippen molar-refractivity contribution >= 4 is 29.9 Å². The lowest BCUT2D eigenvalue weighted by Gasteiger charge is -2.28. The molecule has 8 heteroatoms. The van der Waals surface area contributed by atoms with Gasteiger partial charge in [0.2, 0.25) is 5.91 Å². The molecule has 130 valence electrons. The van der Waals surface area contributed by atoms with Gasteiger partial charge in [0.05, 0.1) is 11.6 Å². The van der Waals surface area contributed by atoms with Crippen molar-refractivity contribution in [3.05, 3.63) is 35.4 Å². The zero-order chi connectivity index (χ0) is 16.2. The van der Waals surface area contributed by atoms with E-state index in [1.165, 1.54) is 12.1 Å². The Morgan fingerprint density at radius 1 is 1.22 bits per heavy atom. The van der Waals surface area contributed by atoms with Crippen molar-refractivity contribution in [1.29, 1.82) is 0 Å².